The second kappa shape index (κ2) is 12.0. The van der Waals surface area contributed by atoms with Crippen molar-refractivity contribution in [3.8, 4) is 11.8 Å². The summed E-state index contributed by atoms with van der Waals surface area (Å²) in [6, 6.07) is 16.2. The monoisotopic (exact) mass is 473 g/mol. The van der Waals surface area contributed by atoms with Crippen molar-refractivity contribution in [2.75, 3.05) is 44.2 Å². The van der Waals surface area contributed by atoms with E-state index < -0.39 is 0 Å². The van der Waals surface area contributed by atoms with E-state index in [2.05, 4.69) is 38.0 Å². The standard InChI is InChI=1S/C28H35N5O2/c1-2-9-23(10-3-1)22-35-27-14-8-13-26(31-27)33-18-16-32(17-19-33)15-6-7-20-34-28-21-29-24-11-4-5-12-25(24)30-28/h1-3,8-10,13-14,21H,4-7,11-12,15-20,22H2. The van der Waals surface area contributed by atoms with Gasteiger partial charge >= 0.3 is 0 Å². The molecule has 184 valence electrons. The van der Waals surface area contributed by atoms with Crippen LogP contribution in [0.5, 0.6) is 11.8 Å². The summed E-state index contributed by atoms with van der Waals surface area (Å²) >= 11 is 0. The van der Waals surface area contributed by atoms with Crippen molar-refractivity contribution in [1.82, 2.24) is 19.9 Å². The smallest absolute Gasteiger partial charge is 0.232 e. The zero-order chi connectivity index (χ0) is 23.7. The molecule has 1 aliphatic carbocycles. The van der Waals surface area contributed by atoms with Crippen LogP contribution < -0.4 is 14.4 Å². The van der Waals surface area contributed by atoms with Crippen molar-refractivity contribution in [2.45, 2.75) is 45.1 Å². The molecule has 7 heteroatoms. The van der Waals surface area contributed by atoms with Gasteiger partial charge in [-0.1, -0.05) is 36.4 Å². The number of pyridine rings is 1. The molecule has 1 aliphatic heterocycles. The van der Waals surface area contributed by atoms with Gasteiger partial charge in [-0.3, -0.25) is 9.88 Å². The highest BCUT2D eigenvalue weighted by Crippen LogP contribution is 2.20. The van der Waals surface area contributed by atoms with Gasteiger partial charge in [0.1, 0.15) is 12.4 Å². The van der Waals surface area contributed by atoms with Crippen molar-refractivity contribution in [1.29, 1.82) is 0 Å². The lowest BCUT2D eigenvalue weighted by Crippen LogP contribution is -2.46. The van der Waals surface area contributed by atoms with Crippen LogP contribution in [0.1, 0.15) is 42.6 Å². The van der Waals surface area contributed by atoms with Crippen LogP contribution >= 0.6 is 0 Å². The first-order chi connectivity index (χ1) is 17.3. The van der Waals surface area contributed by atoms with E-state index in [4.69, 9.17) is 14.5 Å². The van der Waals surface area contributed by atoms with Crippen molar-refractivity contribution < 1.29 is 9.47 Å². The average Bonchev–Trinajstić information content (AvgIpc) is 2.93. The quantitative estimate of drug-likeness (QED) is 0.407. The summed E-state index contributed by atoms with van der Waals surface area (Å²) in [6.07, 6.45) is 8.47. The summed E-state index contributed by atoms with van der Waals surface area (Å²) in [5, 5.41) is 0. The third-order valence-corrected chi connectivity index (χ3v) is 6.74. The Kier molecular flexibility index (Phi) is 8.06. The molecule has 1 aromatic carbocycles. The minimum absolute atomic E-state index is 0.536. The number of benzene rings is 1. The van der Waals surface area contributed by atoms with Crippen LogP contribution in [0, 0.1) is 0 Å². The third-order valence-electron chi connectivity index (χ3n) is 6.74. The second-order valence-electron chi connectivity index (χ2n) is 9.30. The molecule has 0 radical (unpaired) electrons. The summed E-state index contributed by atoms with van der Waals surface area (Å²) in [5.74, 6) is 2.36. The molecule has 0 atom stereocenters. The number of hydrogen-bond acceptors (Lipinski definition) is 7. The molecular formula is C28H35N5O2. The Morgan fingerprint density at radius 3 is 2.43 bits per heavy atom. The summed E-state index contributed by atoms with van der Waals surface area (Å²) in [5.41, 5.74) is 3.44. The van der Waals surface area contributed by atoms with Crippen molar-refractivity contribution in [3.05, 3.63) is 71.7 Å². The van der Waals surface area contributed by atoms with Crippen LogP contribution in [0.25, 0.3) is 0 Å². The fourth-order valence-corrected chi connectivity index (χ4v) is 4.70. The van der Waals surface area contributed by atoms with E-state index in [1.165, 1.54) is 12.8 Å². The normalized spacial score (nSPS) is 16.1. The fraction of sp³-hybridized carbons (Fsp3) is 0.464. The van der Waals surface area contributed by atoms with Gasteiger partial charge in [0.25, 0.3) is 0 Å². The molecule has 2 aliphatic rings. The third kappa shape index (κ3) is 6.69. The molecule has 2 aromatic heterocycles. The maximum absolute atomic E-state index is 5.91. The van der Waals surface area contributed by atoms with Gasteiger partial charge in [-0.2, -0.15) is 4.98 Å². The van der Waals surface area contributed by atoms with Crippen LogP contribution in [0.15, 0.2) is 54.7 Å². The SMILES string of the molecule is c1ccc(COc2cccc(N3CCN(CCCCOc4cnc5c(n4)CCCC5)CC3)n2)cc1. The molecule has 3 heterocycles. The molecule has 0 saturated carbocycles. The van der Waals surface area contributed by atoms with E-state index in [-0.39, 0.29) is 0 Å². The highest BCUT2D eigenvalue weighted by molar-refractivity contribution is 5.41. The Bertz CT molecular complexity index is 1070. The van der Waals surface area contributed by atoms with Gasteiger partial charge in [-0.05, 0) is 56.7 Å². The number of aromatic nitrogens is 3. The Balaban J connectivity index is 0.997. The van der Waals surface area contributed by atoms with Gasteiger partial charge in [-0.25, -0.2) is 4.98 Å². The summed E-state index contributed by atoms with van der Waals surface area (Å²) in [7, 11) is 0. The molecular weight excluding hydrogens is 438 g/mol. The van der Waals surface area contributed by atoms with E-state index in [0.29, 0.717) is 25.0 Å². The predicted octanol–water partition coefficient (Wildman–Crippen LogP) is 4.31. The highest BCUT2D eigenvalue weighted by atomic mass is 16.5. The van der Waals surface area contributed by atoms with Gasteiger partial charge in [0, 0.05) is 32.2 Å². The summed E-state index contributed by atoms with van der Waals surface area (Å²) in [6.45, 7) is 6.40. The van der Waals surface area contributed by atoms with Crippen LogP contribution in [0.4, 0.5) is 5.82 Å². The molecule has 1 saturated heterocycles. The fourth-order valence-electron chi connectivity index (χ4n) is 4.70. The lowest BCUT2D eigenvalue weighted by molar-refractivity contribution is 0.235. The van der Waals surface area contributed by atoms with E-state index in [1.807, 2.05) is 30.3 Å². The molecule has 1 fully saturated rings. The largest absolute Gasteiger partial charge is 0.477 e. The average molecular weight is 474 g/mol. The first-order valence-electron chi connectivity index (χ1n) is 12.9. The molecule has 0 spiro atoms. The van der Waals surface area contributed by atoms with Gasteiger partial charge in [0.05, 0.1) is 24.2 Å². The lowest BCUT2D eigenvalue weighted by atomic mass is 10.0. The van der Waals surface area contributed by atoms with Gasteiger partial charge < -0.3 is 14.4 Å². The minimum Gasteiger partial charge on any atom is -0.477 e. The lowest BCUT2D eigenvalue weighted by Gasteiger charge is -2.35. The predicted molar refractivity (Wildman–Crippen MR) is 137 cm³/mol. The molecule has 0 N–H and O–H groups in total. The van der Waals surface area contributed by atoms with E-state index >= 15 is 0 Å². The van der Waals surface area contributed by atoms with Crippen LogP contribution in [-0.2, 0) is 19.4 Å². The molecule has 7 nitrogen and oxygen atoms in total. The van der Waals surface area contributed by atoms with Crippen molar-refractivity contribution in [3.63, 3.8) is 0 Å². The minimum atomic E-state index is 0.536. The Morgan fingerprint density at radius 2 is 1.57 bits per heavy atom. The van der Waals surface area contributed by atoms with E-state index in [0.717, 1.165) is 81.2 Å². The van der Waals surface area contributed by atoms with Crippen LogP contribution in [-0.4, -0.2) is 59.2 Å². The van der Waals surface area contributed by atoms with E-state index in [1.54, 1.807) is 6.20 Å². The maximum Gasteiger partial charge on any atom is 0.232 e. The molecule has 0 amide bonds. The van der Waals surface area contributed by atoms with Crippen molar-refractivity contribution in [2.24, 2.45) is 0 Å². The first kappa shape index (κ1) is 23.5. The number of rotatable bonds is 10. The number of ether oxygens (including phenoxy) is 2. The molecule has 0 unspecified atom stereocenters. The summed E-state index contributed by atoms with van der Waals surface area (Å²) in [4.78, 5) is 18.8. The zero-order valence-electron chi connectivity index (χ0n) is 20.4. The number of anilines is 1. The highest BCUT2D eigenvalue weighted by Gasteiger charge is 2.18. The number of nitrogens with zero attached hydrogens (tertiary/aromatic N) is 5. The Morgan fingerprint density at radius 1 is 0.743 bits per heavy atom. The number of piperazine rings is 1. The van der Waals surface area contributed by atoms with Gasteiger partial charge in [-0.15, -0.1) is 0 Å². The number of unbranched alkanes of at least 4 members (excludes halogenated alkanes) is 1. The summed E-state index contributed by atoms with van der Waals surface area (Å²) < 4.78 is 11.8. The first-order valence-corrected chi connectivity index (χ1v) is 12.9. The number of fused-ring (bicyclic) bond motifs is 1. The molecule has 35 heavy (non-hydrogen) atoms. The molecule has 0 bridgehead atoms. The number of aryl methyl sites for hydroxylation is 2. The zero-order valence-corrected chi connectivity index (χ0v) is 20.4. The van der Waals surface area contributed by atoms with E-state index in [9.17, 15) is 0 Å². The molecule has 3 aromatic rings. The van der Waals surface area contributed by atoms with Gasteiger partial charge in [0.2, 0.25) is 11.8 Å². The Hall–Kier alpha value is -3.19. The van der Waals surface area contributed by atoms with Crippen LogP contribution in [0.3, 0.4) is 0 Å². The topological polar surface area (TPSA) is 63.6 Å². The second-order valence-corrected chi connectivity index (χ2v) is 9.30. The Labute approximate surface area is 208 Å². The van der Waals surface area contributed by atoms with Crippen molar-refractivity contribution >= 4 is 5.82 Å². The number of hydrogen-bond donors (Lipinski definition) is 0. The molecule has 5 rings (SSSR count). The van der Waals surface area contributed by atoms with Crippen LogP contribution in [0.2, 0.25) is 0 Å². The van der Waals surface area contributed by atoms with Gasteiger partial charge in [0.15, 0.2) is 0 Å². The maximum atomic E-state index is 5.91.